The Labute approximate surface area is 115 Å². The molecule has 0 fully saturated rings. The molecule has 0 aromatic heterocycles. The minimum atomic E-state index is -0.429. The van der Waals surface area contributed by atoms with Crippen LogP contribution < -0.4 is 11.1 Å². The molecule has 0 saturated carbocycles. The summed E-state index contributed by atoms with van der Waals surface area (Å²) in [6, 6.07) is 7.54. The van der Waals surface area contributed by atoms with Crippen LogP contribution in [0.4, 0.5) is 0 Å². The van der Waals surface area contributed by atoms with E-state index in [4.69, 9.17) is 10.5 Å². The Kier molecular flexibility index (Phi) is 6.53. The summed E-state index contributed by atoms with van der Waals surface area (Å²) in [5.74, 6) is 0.330. The summed E-state index contributed by atoms with van der Waals surface area (Å²) >= 11 is 0. The van der Waals surface area contributed by atoms with E-state index in [1.165, 1.54) is 0 Å². The smallest absolute Gasteiger partial charge is 0.237 e. The molecule has 0 spiro atoms. The minimum Gasteiger partial charge on any atom is -0.380 e. The summed E-state index contributed by atoms with van der Waals surface area (Å²) in [5, 5.41) is 2.87. The van der Waals surface area contributed by atoms with Crippen LogP contribution in [0.3, 0.4) is 0 Å². The van der Waals surface area contributed by atoms with E-state index in [0.29, 0.717) is 25.5 Å². The predicted molar refractivity (Wildman–Crippen MR) is 76.4 cm³/mol. The van der Waals surface area contributed by atoms with Gasteiger partial charge in [-0.25, -0.2) is 0 Å². The third kappa shape index (κ3) is 5.85. The molecular formula is C15H24N2O2. The molecule has 3 N–H and O–H groups in total. The van der Waals surface area contributed by atoms with Gasteiger partial charge in [-0.3, -0.25) is 4.79 Å². The number of carbonyl (C=O) groups excluding carboxylic acids is 1. The number of nitrogens with two attached hydrogens (primary N) is 1. The molecule has 0 radical (unpaired) electrons. The molecule has 1 amide bonds. The van der Waals surface area contributed by atoms with E-state index >= 15 is 0 Å². The summed E-state index contributed by atoms with van der Waals surface area (Å²) in [6.07, 6.45) is 0.704. The first kappa shape index (κ1) is 15.7. The fourth-order valence-electron chi connectivity index (χ4n) is 1.93. The number of methoxy groups -OCH3 is 1. The van der Waals surface area contributed by atoms with E-state index in [1.807, 2.05) is 24.3 Å². The third-order valence-corrected chi connectivity index (χ3v) is 2.83. The lowest BCUT2D eigenvalue weighted by atomic mass is 10.0. The highest BCUT2D eigenvalue weighted by atomic mass is 16.5. The molecule has 0 aliphatic heterocycles. The Balaban J connectivity index is 2.47. The van der Waals surface area contributed by atoms with E-state index in [-0.39, 0.29) is 5.91 Å². The van der Waals surface area contributed by atoms with Gasteiger partial charge in [-0.2, -0.15) is 0 Å². The van der Waals surface area contributed by atoms with Gasteiger partial charge in [0.05, 0.1) is 12.6 Å². The van der Waals surface area contributed by atoms with Gasteiger partial charge in [-0.1, -0.05) is 38.1 Å². The van der Waals surface area contributed by atoms with E-state index in [2.05, 4.69) is 19.2 Å². The Morgan fingerprint density at radius 1 is 1.37 bits per heavy atom. The van der Waals surface area contributed by atoms with Crippen LogP contribution in [0.15, 0.2) is 24.3 Å². The molecule has 1 unspecified atom stereocenters. The van der Waals surface area contributed by atoms with Crippen molar-refractivity contribution in [3.63, 3.8) is 0 Å². The molecule has 0 aliphatic rings. The average Bonchev–Trinajstić information content (AvgIpc) is 2.36. The molecule has 1 aromatic rings. The summed E-state index contributed by atoms with van der Waals surface area (Å²) in [5.41, 5.74) is 7.98. The monoisotopic (exact) mass is 264 g/mol. The van der Waals surface area contributed by atoms with Gasteiger partial charge >= 0.3 is 0 Å². The number of nitrogens with one attached hydrogen (secondary N) is 1. The molecule has 1 atom stereocenters. The van der Waals surface area contributed by atoms with Gasteiger partial charge in [-0.05, 0) is 23.5 Å². The van der Waals surface area contributed by atoms with Gasteiger partial charge < -0.3 is 15.8 Å². The normalized spacial score (nSPS) is 12.5. The van der Waals surface area contributed by atoms with Gasteiger partial charge in [0.15, 0.2) is 0 Å². The lowest BCUT2D eigenvalue weighted by Crippen LogP contribution is -2.41. The van der Waals surface area contributed by atoms with Crippen molar-refractivity contribution in [1.29, 1.82) is 0 Å². The van der Waals surface area contributed by atoms with Gasteiger partial charge in [0.1, 0.15) is 0 Å². The van der Waals surface area contributed by atoms with Crippen LogP contribution in [0.2, 0.25) is 0 Å². The average molecular weight is 264 g/mol. The number of hydrogen-bond donors (Lipinski definition) is 2. The quantitative estimate of drug-likeness (QED) is 0.789. The first-order valence-corrected chi connectivity index (χ1v) is 6.63. The van der Waals surface area contributed by atoms with Crippen LogP contribution in [0.1, 0.15) is 31.4 Å². The number of rotatable bonds is 7. The maximum absolute atomic E-state index is 11.8. The molecule has 0 aliphatic carbocycles. The molecule has 1 aromatic carbocycles. The number of amides is 1. The largest absolute Gasteiger partial charge is 0.380 e. The standard InChI is InChI=1S/C15H24N2O2/c1-11(2)7-14(16)15(18)17-9-12-5-4-6-13(8-12)10-19-3/h4-6,8,11,14H,7,9-10,16H2,1-3H3,(H,17,18). The molecular weight excluding hydrogens is 240 g/mol. The molecule has 0 saturated heterocycles. The van der Waals surface area contributed by atoms with Gasteiger partial charge in [0.25, 0.3) is 0 Å². The highest BCUT2D eigenvalue weighted by molar-refractivity contribution is 5.81. The number of carbonyl (C=O) groups is 1. The molecule has 1 rings (SSSR count). The fourth-order valence-corrected chi connectivity index (χ4v) is 1.93. The van der Waals surface area contributed by atoms with Crippen LogP contribution >= 0.6 is 0 Å². The minimum absolute atomic E-state index is 0.0918. The summed E-state index contributed by atoms with van der Waals surface area (Å²) in [7, 11) is 1.67. The highest BCUT2D eigenvalue weighted by Crippen LogP contribution is 2.07. The first-order valence-electron chi connectivity index (χ1n) is 6.63. The lowest BCUT2D eigenvalue weighted by Gasteiger charge is -2.14. The zero-order valence-electron chi connectivity index (χ0n) is 12.0. The van der Waals surface area contributed by atoms with E-state index in [0.717, 1.165) is 11.1 Å². The van der Waals surface area contributed by atoms with Crippen LogP contribution in [-0.4, -0.2) is 19.1 Å². The lowest BCUT2D eigenvalue weighted by molar-refractivity contribution is -0.122. The van der Waals surface area contributed by atoms with Gasteiger partial charge in [0, 0.05) is 13.7 Å². The molecule has 106 valence electrons. The van der Waals surface area contributed by atoms with Crippen molar-refractivity contribution in [3.05, 3.63) is 35.4 Å². The summed E-state index contributed by atoms with van der Waals surface area (Å²) in [4.78, 5) is 11.8. The van der Waals surface area contributed by atoms with Crippen LogP contribution in [0.25, 0.3) is 0 Å². The Hall–Kier alpha value is -1.39. The second kappa shape index (κ2) is 7.92. The maximum Gasteiger partial charge on any atom is 0.237 e. The Morgan fingerprint density at radius 3 is 2.68 bits per heavy atom. The molecule has 0 heterocycles. The topological polar surface area (TPSA) is 64.3 Å². The van der Waals surface area contributed by atoms with Gasteiger partial charge in [-0.15, -0.1) is 0 Å². The molecule has 0 bridgehead atoms. The number of benzene rings is 1. The molecule has 4 heteroatoms. The van der Waals surface area contributed by atoms with Crippen molar-refractivity contribution in [1.82, 2.24) is 5.32 Å². The van der Waals surface area contributed by atoms with Crippen LogP contribution in [0.5, 0.6) is 0 Å². The van der Waals surface area contributed by atoms with Crippen molar-refractivity contribution in [3.8, 4) is 0 Å². The maximum atomic E-state index is 11.8. The summed E-state index contributed by atoms with van der Waals surface area (Å²) in [6.45, 7) is 5.19. The SMILES string of the molecule is COCc1cccc(CNC(=O)C(N)CC(C)C)c1. The first-order chi connectivity index (χ1) is 9.02. The van der Waals surface area contributed by atoms with Crippen molar-refractivity contribution in [2.24, 2.45) is 11.7 Å². The fraction of sp³-hybridized carbons (Fsp3) is 0.533. The van der Waals surface area contributed by atoms with E-state index in [1.54, 1.807) is 7.11 Å². The van der Waals surface area contributed by atoms with Crippen LogP contribution in [-0.2, 0) is 22.7 Å². The number of hydrogen-bond acceptors (Lipinski definition) is 3. The van der Waals surface area contributed by atoms with Crippen molar-refractivity contribution < 1.29 is 9.53 Å². The third-order valence-electron chi connectivity index (χ3n) is 2.83. The highest BCUT2D eigenvalue weighted by Gasteiger charge is 2.14. The summed E-state index contributed by atoms with van der Waals surface area (Å²) < 4.78 is 5.08. The second-order valence-electron chi connectivity index (χ2n) is 5.21. The Bertz CT molecular complexity index is 405. The predicted octanol–water partition coefficient (Wildman–Crippen LogP) is 1.82. The molecule has 19 heavy (non-hydrogen) atoms. The number of ether oxygens (including phenoxy) is 1. The van der Waals surface area contributed by atoms with Crippen molar-refractivity contribution in [2.75, 3.05) is 7.11 Å². The molecule has 4 nitrogen and oxygen atoms in total. The van der Waals surface area contributed by atoms with Crippen molar-refractivity contribution in [2.45, 2.75) is 39.5 Å². The van der Waals surface area contributed by atoms with E-state index < -0.39 is 6.04 Å². The van der Waals surface area contributed by atoms with E-state index in [9.17, 15) is 4.79 Å². The zero-order chi connectivity index (χ0) is 14.3. The second-order valence-corrected chi connectivity index (χ2v) is 5.21. The van der Waals surface area contributed by atoms with Crippen molar-refractivity contribution >= 4 is 5.91 Å². The van der Waals surface area contributed by atoms with Crippen LogP contribution in [0, 0.1) is 5.92 Å². The Morgan fingerprint density at radius 2 is 2.05 bits per heavy atom. The zero-order valence-corrected chi connectivity index (χ0v) is 12.0. The van der Waals surface area contributed by atoms with Gasteiger partial charge in [0.2, 0.25) is 5.91 Å².